The summed E-state index contributed by atoms with van der Waals surface area (Å²) in [6.07, 6.45) is 8.16. The summed E-state index contributed by atoms with van der Waals surface area (Å²) in [6.45, 7) is 6.48. The highest BCUT2D eigenvalue weighted by molar-refractivity contribution is 5.40. The average Bonchev–Trinajstić information content (AvgIpc) is 2.31. The fourth-order valence-electron chi connectivity index (χ4n) is 3.04. The second-order valence-corrected chi connectivity index (χ2v) is 6.81. The van der Waals surface area contributed by atoms with Gasteiger partial charge in [-0.15, -0.1) is 0 Å². The molecule has 1 aliphatic carbocycles. The normalized spacial score (nSPS) is 17.9. The van der Waals surface area contributed by atoms with E-state index in [9.17, 15) is 5.11 Å². The van der Waals surface area contributed by atoms with E-state index >= 15 is 0 Å². The fraction of sp³-hybridized carbons (Fsp3) is 0.647. The maximum absolute atomic E-state index is 9.98. The van der Waals surface area contributed by atoms with Crippen molar-refractivity contribution in [2.75, 3.05) is 0 Å². The average molecular weight is 246 g/mol. The Balaban J connectivity index is 2.14. The van der Waals surface area contributed by atoms with Gasteiger partial charge in [0.05, 0.1) is 0 Å². The highest BCUT2D eigenvalue weighted by Gasteiger charge is 2.20. The first-order valence-corrected chi connectivity index (χ1v) is 7.29. The van der Waals surface area contributed by atoms with Crippen molar-refractivity contribution < 1.29 is 5.11 Å². The van der Waals surface area contributed by atoms with Crippen molar-refractivity contribution in [1.82, 2.24) is 0 Å². The van der Waals surface area contributed by atoms with Crippen LogP contribution in [0.3, 0.4) is 0 Å². The maximum Gasteiger partial charge on any atom is 0.119 e. The second kappa shape index (κ2) is 5.34. The minimum absolute atomic E-state index is 0.0205. The second-order valence-electron chi connectivity index (χ2n) is 6.81. The Bertz CT molecular complexity index is 395. The molecule has 1 fully saturated rings. The molecule has 18 heavy (non-hydrogen) atoms. The molecule has 1 heteroatoms. The SMILES string of the molecule is CC(C)(C)c1cc(CC2CCCCC2)ccc1O. The van der Waals surface area contributed by atoms with E-state index in [1.165, 1.54) is 44.1 Å². The summed E-state index contributed by atoms with van der Waals surface area (Å²) >= 11 is 0. The monoisotopic (exact) mass is 246 g/mol. The van der Waals surface area contributed by atoms with Crippen LogP contribution in [0.25, 0.3) is 0 Å². The van der Waals surface area contributed by atoms with Crippen molar-refractivity contribution in [3.05, 3.63) is 29.3 Å². The standard InChI is InChI=1S/C17H26O/c1-17(2,3)15-12-14(9-10-16(15)18)11-13-7-5-4-6-8-13/h9-10,12-13,18H,4-8,11H2,1-3H3. The zero-order chi connectivity index (χ0) is 13.2. The molecule has 100 valence electrons. The van der Waals surface area contributed by atoms with Gasteiger partial charge in [-0.1, -0.05) is 65.0 Å². The molecular formula is C17H26O. The van der Waals surface area contributed by atoms with Gasteiger partial charge in [0.15, 0.2) is 0 Å². The van der Waals surface area contributed by atoms with Crippen LogP contribution >= 0.6 is 0 Å². The predicted octanol–water partition coefficient (Wildman–Crippen LogP) is 4.81. The molecular weight excluding hydrogens is 220 g/mol. The lowest BCUT2D eigenvalue weighted by Gasteiger charge is -2.24. The minimum Gasteiger partial charge on any atom is -0.508 e. The molecule has 0 aliphatic heterocycles. The third-order valence-corrected chi connectivity index (χ3v) is 4.12. The molecule has 0 radical (unpaired) electrons. The Hall–Kier alpha value is -0.980. The van der Waals surface area contributed by atoms with Gasteiger partial charge in [0.2, 0.25) is 0 Å². The molecule has 0 unspecified atom stereocenters. The van der Waals surface area contributed by atoms with Crippen molar-refractivity contribution in [1.29, 1.82) is 0 Å². The van der Waals surface area contributed by atoms with Gasteiger partial charge in [-0.2, -0.15) is 0 Å². The molecule has 2 rings (SSSR count). The van der Waals surface area contributed by atoms with Gasteiger partial charge >= 0.3 is 0 Å². The van der Waals surface area contributed by atoms with Crippen LogP contribution in [0.2, 0.25) is 0 Å². The van der Waals surface area contributed by atoms with Crippen molar-refractivity contribution in [2.24, 2.45) is 5.92 Å². The molecule has 0 bridgehead atoms. The zero-order valence-corrected chi connectivity index (χ0v) is 12.0. The van der Waals surface area contributed by atoms with Crippen molar-refractivity contribution >= 4 is 0 Å². The van der Waals surface area contributed by atoms with E-state index in [1.807, 2.05) is 6.07 Å². The Morgan fingerprint density at radius 3 is 2.39 bits per heavy atom. The number of benzene rings is 1. The van der Waals surface area contributed by atoms with E-state index in [2.05, 4.69) is 32.9 Å². The lowest BCUT2D eigenvalue weighted by Crippen LogP contribution is -2.13. The lowest BCUT2D eigenvalue weighted by molar-refractivity contribution is 0.356. The zero-order valence-electron chi connectivity index (χ0n) is 12.0. The summed E-state index contributed by atoms with van der Waals surface area (Å²) < 4.78 is 0. The van der Waals surface area contributed by atoms with Gasteiger partial charge < -0.3 is 5.11 Å². The van der Waals surface area contributed by atoms with E-state index < -0.39 is 0 Å². The van der Waals surface area contributed by atoms with Crippen LogP contribution < -0.4 is 0 Å². The van der Waals surface area contributed by atoms with Gasteiger partial charge in [-0.05, 0) is 34.9 Å². The molecule has 1 aromatic rings. The molecule has 0 aromatic heterocycles. The van der Waals surface area contributed by atoms with Gasteiger partial charge in [-0.25, -0.2) is 0 Å². The Morgan fingerprint density at radius 1 is 1.11 bits per heavy atom. The Kier molecular flexibility index (Phi) is 3.99. The van der Waals surface area contributed by atoms with E-state index in [4.69, 9.17) is 0 Å². The number of aromatic hydroxyl groups is 1. The Labute approximate surface area is 111 Å². The van der Waals surface area contributed by atoms with E-state index in [0.29, 0.717) is 5.75 Å². The topological polar surface area (TPSA) is 20.2 Å². The molecule has 0 amide bonds. The molecule has 1 nitrogen and oxygen atoms in total. The van der Waals surface area contributed by atoms with E-state index in [0.717, 1.165) is 11.5 Å². The van der Waals surface area contributed by atoms with Crippen LogP contribution in [0.15, 0.2) is 18.2 Å². The third-order valence-electron chi connectivity index (χ3n) is 4.12. The summed E-state index contributed by atoms with van der Waals surface area (Å²) in [5, 5.41) is 9.98. The molecule has 1 N–H and O–H groups in total. The molecule has 1 aliphatic rings. The first-order chi connectivity index (χ1) is 8.47. The summed E-state index contributed by atoms with van der Waals surface area (Å²) in [5.41, 5.74) is 2.49. The third kappa shape index (κ3) is 3.28. The van der Waals surface area contributed by atoms with Crippen molar-refractivity contribution in [3.8, 4) is 5.75 Å². The fourth-order valence-corrected chi connectivity index (χ4v) is 3.04. The Morgan fingerprint density at radius 2 is 1.78 bits per heavy atom. The highest BCUT2D eigenvalue weighted by Crippen LogP contribution is 2.33. The van der Waals surface area contributed by atoms with Crippen LogP contribution in [0.4, 0.5) is 0 Å². The van der Waals surface area contributed by atoms with Gasteiger partial charge in [-0.3, -0.25) is 0 Å². The lowest BCUT2D eigenvalue weighted by atomic mass is 9.82. The van der Waals surface area contributed by atoms with Crippen LogP contribution in [-0.4, -0.2) is 5.11 Å². The molecule has 0 atom stereocenters. The summed E-state index contributed by atoms with van der Waals surface area (Å²) in [4.78, 5) is 0. The van der Waals surface area contributed by atoms with Crippen LogP contribution in [0.1, 0.15) is 64.0 Å². The number of phenolic OH excluding ortho intramolecular Hbond substituents is 1. The molecule has 1 aromatic carbocycles. The van der Waals surface area contributed by atoms with Crippen LogP contribution in [-0.2, 0) is 11.8 Å². The molecule has 1 saturated carbocycles. The number of rotatable bonds is 2. The number of hydrogen-bond acceptors (Lipinski definition) is 1. The van der Waals surface area contributed by atoms with Crippen LogP contribution in [0.5, 0.6) is 5.75 Å². The maximum atomic E-state index is 9.98. The number of hydrogen-bond donors (Lipinski definition) is 1. The van der Waals surface area contributed by atoms with Gasteiger partial charge in [0, 0.05) is 0 Å². The van der Waals surface area contributed by atoms with E-state index in [1.54, 1.807) is 0 Å². The number of phenols is 1. The van der Waals surface area contributed by atoms with Crippen molar-refractivity contribution in [3.63, 3.8) is 0 Å². The quantitative estimate of drug-likeness (QED) is 0.793. The summed E-state index contributed by atoms with van der Waals surface area (Å²) in [5.74, 6) is 1.30. The van der Waals surface area contributed by atoms with Crippen molar-refractivity contribution in [2.45, 2.75) is 64.7 Å². The minimum atomic E-state index is 0.0205. The summed E-state index contributed by atoms with van der Waals surface area (Å²) in [6, 6.07) is 6.18. The smallest absolute Gasteiger partial charge is 0.119 e. The van der Waals surface area contributed by atoms with Crippen LogP contribution in [0, 0.1) is 5.92 Å². The highest BCUT2D eigenvalue weighted by atomic mass is 16.3. The predicted molar refractivity (Wildman–Crippen MR) is 77.1 cm³/mol. The largest absolute Gasteiger partial charge is 0.508 e. The molecule has 0 spiro atoms. The van der Waals surface area contributed by atoms with Gasteiger partial charge in [0.1, 0.15) is 5.75 Å². The van der Waals surface area contributed by atoms with Gasteiger partial charge in [0.25, 0.3) is 0 Å². The first kappa shape index (κ1) is 13.5. The molecule has 0 heterocycles. The molecule has 0 saturated heterocycles. The first-order valence-electron chi connectivity index (χ1n) is 7.29. The van der Waals surface area contributed by atoms with E-state index in [-0.39, 0.29) is 5.41 Å². The summed E-state index contributed by atoms with van der Waals surface area (Å²) in [7, 11) is 0.